The first kappa shape index (κ1) is 9.96. The summed E-state index contributed by atoms with van der Waals surface area (Å²) in [5.41, 5.74) is 0. The zero-order chi connectivity index (χ0) is 8.97. The van der Waals surface area contributed by atoms with Crippen molar-refractivity contribution in [3.63, 3.8) is 0 Å². The molecule has 0 radical (unpaired) electrons. The lowest BCUT2D eigenvalue weighted by Crippen LogP contribution is -2.35. The molecule has 0 aromatic carbocycles. The van der Waals surface area contributed by atoms with Crippen LogP contribution in [0.5, 0.6) is 0 Å². The van der Waals surface area contributed by atoms with Gasteiger partial charge in [0.1, 0.15) is 0 Å². The molecule has 1 heterocycles. The summed E-state index contributed by atoms with van der Waals surface area (Å²) in [6.45, 7) is 5.84. The van der Waals surface area contributed by atoms with Gasteiger partial charge < -0.3 is 14.6 Å². The average Bonchev–Trinajstić information content (AvgIpc) is 2.06. The first-order valence-corrected chi connectivity index (χ1v) is 4.58. The number of hydrogen-bond acceptors (Lipinski definition) is 3. The Morgan fingerprint density at radius 3 is 2.33 bits per heavy atom. The Labute approximate surface area is 73.7 Å². The molecule has 0 bridgehead atoms. The standard InChI is InChI=1S/C9H18O3/c1-7(2)9-11-5-8(3-4-10)6-12-9/h7-10H,3-6H2,1-2H3. The number of hydrogen-bond donors (Lipinski definition) is 1. The first-order chi connectivity index (χ1) is 5.74. The summed E-state index contributed by atoms with van der Waals surface area (Å²) in [4.78, 5) is 0. The van der Waals surface area contributed by atoms with E-state index in [4.69, 9.17) is 14.6 Å². The van der Waals surface area contributed by atoms with E-state index in [0.717, 1.165) is 19.6 Å². The fraction of sp³-hybridized carbons (Fsp3) is 1.00. The second-order valence-corrected chi connectivity index (χ2v) is 3.66. The van der Waals surface area contributed by atoms with Crippen molar-refractivity contribution in [1.29, 1.82) is 0 Å². The van der Waals surface area contributed by atoms with Gasteiger partial charge in [-0.15, -0.1) is 0 Å². The maximum atomic E-state index is 8.68. The maximum Gasteiger partial charge on any atom is 0.159 e. The van der Waals surface area contributed by atoms with E-state index in [-0.39, 0.29) is 12.9 Å². The highest BCUT2D eigenvalue weighted by molar-refractivity contribution is 4.64. The van der Waals surface area contributed by atoms with Gasteiger partial charge in [0.15, 0.2) is 6.29 Å². The van der Waals surface area contributed by atoms with Crippen LogP contribution in [0.3, 0.4) is 0 Å². The van der Waals surface area contributed by atoms with Crippen molar-refractivity contribution in [2.75, 3.05) is 19.8 Å². The number of ether oxygens (including phenoxy) is 2. The smallest absolute Gasteiger partial charge is 0.159 e. The molecule has 0 unspecified atom stereocenters. The van der Waals surface area contributed by atoms with Gasteiger partial charge in [-0.05, 0) is 6.42 Å². The predicted molar refractivity (Wildman–Crippen MR) is 45.7 cm³/mol. The van der Waals surface area contributed by atoms with E-state index in [9.17, 15) is 0 Å². The van der Waals surface area contributed by atoms with Crippen molar-refractivity contribution in [2.45, 2.75) is 26.6 Å². The quantitative estimate of drug-likeness (QED) is 0.694. The lowest BCUT2D eigenvalue weighted by atomic mass is 10.1. The van der Waals surface area contributed by atoms with Gasteiger partial charge >= 0.3 is 0 Å². The fourth-order valence-corrected chi connectivity index (χ4v) is 1.29. The van der Waals surface area contributed by atoms with E-state index in [1.165, 1.54) is 0 Å². The molecule has 0 aliphatic carbocycles. The topological polar surface area (TPSA) is 38.7 Å². The predicted octanol–water partition coefficient (Wildman–Crippen LogP) is 1.01. The minimum absolute atomic E-state index is 0.0417. The van der Waals surface area contributed by atoms with Crippen molar-refractivity contribution in [3.8, 4) is 0 Å². The third kappa shape index (κ3) is 2.73. The zero-order valence-electron chi connectivity index (χ0n) is 7.82. The second kappa shape index (κ2) is 4.80. The third-order valence-corrected chi connectivity index (χ3v) is 2.07. The SMILES string of the molecule is CC(C)C1OCC(CCO)CO1. The largest absolute Gasteiger partial charge is 0.396 e. The molecule has 1 N–H and O–H groups in total. The van der Waals surface area contributed by atoms with Gasteiger partial charge in [-0.2, -0.15) is 0 Å². The molecule has 0 atom stereocenters. The van der Waals surface area contributed by atoms with Crippen molar-refractivity contribution in [3.05, 3.63) is 0 Å². The molecular weight excluding hydrogens is 156 g/mol. The number of aliphatic hydroxyl groups excluding tert-OH is 1. The van der Waals surface area contributed by atoms with Gasteiger partial charge in [-0.1, -0.05) is 13.8 Å². The highest BCUT2D eigenvalue weighted by Gasteiger charge is 2.23. The Bertz CT molecular complexity index is 117. The summed E-state index contributed by atoms with van der Waals surface area (Å²) in [5, 5.41) is 8.68. The molecule has 3 nitrogen and oxygen atoms in total. The van der Waals surface area contributed by atoms with Crippen LogP contribution in [0.15, 0.2) is 0 Å². The molecule has 72 valence electrons. The summed E-state index contributed by atoms with van der Waals surface area (Å²) in [6.07, 6.45) is 0.741. The van der Waals surface area contributed by atoms with Crippen LogP contribution >= 0.6 is 0 Å². The van der Waals surface area contributed by atoms with Crippen LogP contribution in [0.1, 0.15) is 20.3 Å². The van der Waals surface area contributed by atoms with Gasteiger partial charge in [0.2, 0.25) is 0 Å². The van der Waals surface area contributed by atoms with E-state index in [1.54, 1.807) is 0 Å². The molecule has 0 aromatic rings. The van der Waals surface area contributed by atoms with Crippen molar-refractivity contribution in [2.24, 2.45) is 11.8 Å². The molecule has 0 saturated carbocycles. The lowest BCUT2D eigenvalue weighted by Gasteiger charge is -2.31. The van der Waals surface area contributed by atoms with E-state index in [1.807, 2.05) is 0 Å². The van der Waals surface area contributed by atoms with E-state index in [2.05, 4.69) is 13.8 Å². The molecule has 1 saturated heterocycles. The van der Waals surface area contributed by atoms with Crippen LogP contribution in [0.2, 0.25) is 0 Å². The maximum absolute atomic E-state index is 8.68. The molecule has 1 rings (SSSR count). The molecule has 1 aliphatic rings. The van der Waals surface area contributed by atoms with Gasteiger partial charge in [0.05, 0.1) is 13.2 Å². The van der Waals surface area contributed by atoms with Gasteiger partial charge in [-0.3, -0.25) is 0 Å². The molecule has 0 amide bonds. The van der Waals surface area contributed by atoms with Crippen LogP contribution < -0.4 is 0 Å². The summed E-state index contributed by atoms with van der Waals surface area (Å²) in [6, 6.07) is 0. The Hall–Kier alpha value is -0.120. The van der Waals surface area contributed by atoms with Crippen LogP contribution in [-0.4, -0.2) is 31.2 Å². The summed E-state index contributed by atoms with van der Waals surface area (Å²) in [5.74, 6) is 0.796. The number of rotatable bonds is 3. The third-order valence-electron chi connectivity index (χ3n) is 2.07. The van der Waals surface area contributed by atoms with Crippen molar-refractivity contribution < 1.29 is 14.6 Å². The summed E-state index contributed by atoms with van der Waals surface area (Å²) in [7, 11) is 0. The molecule has 12 heavy (non-hydrogen) atoms. The Morgan fingerprint density at radius 2 is 1.92 bits per heavy atom. The highest BCUT2D eigenvalue weighted by Crippen LogP contribution is 2.18. The first-order valence-electron chi connectivity index (χ1n) is 4.58. The molecule has 0 spiro atoms. The van der Waals surface area contributed by atoms with E-state index in [0.29, 0.717) is 11.8 Å². The monoisotopic (exact) mass is 174 g/mol. The molecule has 1 fully saturated rings. The van der Waals surface area contributed by atoms with Crippen LogP contribution in [0, 0.1) is 11.8 Å². The van der Waals surface area contributed by atoms with Crippen LogP contribution in [0.4, 0.5) is 0 Å². The Balaban J connectivity index is 2.20. The average molecular weight is 174 g/mol. The normalized spacial score (nSPS) is 31.0. The number of aliphatic hydroxyl groups is 1. The van der Waals surface area contributed by atoms with E-state index >= 15 is 0 Å². The molecule has 0 aromatic heterocycles. The highest BCUT2D eigenvalue weighted by atomic mass is 16.7. The summed E-state index contributed by atoms with van der Waals surface area (Å²) >= 11 is 0. The lowest BCUT2D eigenvalue weighted by molar-refractivity contribution is -0.220. The van der Waals surface area contributed by atoms with Gasteiger partial charge in [-0.25, -0.2) is 0 Å². The minimum Gasteiger partial charge on any atom is -0.396 e. The van der Waals surface area contributed by atoms with Crippen LogP contribution in [-0.2, 0) is 9.47 Å². The Morgan fingerprint density at radius 1 is 1.33 bits per heavy atom. The van der Waals surface area contributed by atoms with Crippen LogP contribution in [0.25, 0.3) is 0 Å². The van der Waals surface area contributed by atoms with Crippen molar-refractivity contribution in [1.82, 2.24) is 0 Å². The Kier molecular flexibility index (Phi) is 3.98. The molecule has 1 aliphatic heterocycles. The zero-order valence-corrected chi connectivity index (χ0v) is 7.82. The van der Waals surface area contributed by atoms with E-state index < -0.39 is 0 Å². The molecular formula is C9H18O3. The van der Waals surface area contributed by atoms with Gasteiger partial charge in [0, 0.05) is 18.4 Å². The van der Waals surface area contributed by atoms with Gasteiger partial charge in [0.25, 0.3) is 0 Å². The minimum atomic E-state index is -0.0417. The van der Waals surface area contributed by atoms with Crippen molar-refractivity contribution >= 4 is 0 Å². The second-order valence-electron chi connectivity index (χ2n) is 3.66. The fourth-order valence-electron chi connectivity index (χ4n) is 1.29. The summed E-state index contributed by atoms with van der Waals surface area (Å²) < 4.78 is 10.9. The molecule has 3 heteroatoms.